The molecule has 3 heterocycles. The van der Waals surface area contributed by atoms with Crippen molar-refractivity contribution in [3.8, 4) is 0 Å². The van der Waals surface area contributed by atoms with Gasteiger partial charge in [0, 0.05) is 19.0 Å². The van der Waals surface area contributed by atoms with Gasteiger partial charge in [-0.15, -0.1) is 15.3 Å². The Morgan fingerprint density at radius 1 is 1.24 bits per heavy atom. The minimum absolute atomic E-state index is 0.565. The summed E-state index contributed by atoms with van der Waals surface area (Å²) in [6.45, 7) is 3.39. The molecule has 1 saturated heterocycles. The smallest absolute Gasteiger partial charge is 0.178 e. The Morgan fingerprint density at radius 3 is 2.95 bits per heavy atom. The van der Waals surface area contributed by atoms with Crippen molar-refractivity contribution >= 4 is 11.5 Å². The standard InChI is InChI=1S/C15H22N6/c1-20-8-2-3-11(10-20)9-16-13-6-7-14-17-18-15(12-4-5-12)21(14)19-13/h6-7,11-12H,2-5,8-10H2,1H3,(H,16,19). The van der Waals surface area contributed by atoms with Crippen molar-refractivity contribution in [3.05, 3.63) is 18.0 Å². The molecule has 1 N–H and O–H groups in total. The van der Waals surface area contributed by atoms with E-state index < -0.39 is 0 Å². The summed E-state index contributed by atoms with van der Waals surface area (Å²) in [5.41, 5.74) is 0.847. The van der Waals surface area contributed by atoms with E-state index in [1.807, 2.05) is 16.6 Å². The molecule has 1 aliphatic heterocycles. The third-order valence-corrected chi connectivity index (χ3v) is 4.52. The summed E-state index contributed by atoms with van der Waals surface area (Å²) in [5.74, 6) is 3.23. The van der Waals surface area contributed by atoms with Crippen LogP contribution in [0.25, 0.3) is 5.65 Å². The van der Waals surface area contributed by atoms with E-state index in [1.54, 1.807) is 0 Å². The SMILES string of the molecule is CN1CCCC(CNc2ccc3nnc(C4CC4)n3n2)C1. The molecule has 2 fully saturated rings. The molecule has 2 aromatic heterocycles. The second-order valence-corrected chi connectivity index (χ2v) is 6.47. The largest absolute Gasteiger partial charge is 0.368 e. The first-order chi connectivity index (χ1) is 10.3. The van der Waals surface area contributed by atoms with Crippen LogP contribution in [0.4, 0.5) is 5.82 Å². The van der Waals surface area contributed by atoms with Gasteiger partial charge < -0.3 is 10.2 Å². The molecule has 0 aromatic carbocycles. The van der Waals surface area contributed by atoms with Crippen LogP contribution in [0.2, 0.25) is 0 Å². The fourth-order valence-corrected chi connectivity index (χ4v) is 3.18. The van der Waals surface area contributed by atoms with Crippen molar-refractivity contribution < 1.29 is 0 Å². The second kappa shape index (κ2) is 5.26. The highest BCUT2D eigenvalue weighted by Gasteiger charge is 2.29. The van der Waals surface area contributed by atoms with Crippen LogP contribution in [0, 0.1) is 5.92 Å². The zero-order valence-electron chi connectivity index (χ0n) is 12.5. The third-order valence-electron chi connectivity index (χ3n) is 4.52. The predicted octanol–water partition coefficient (Wildman–Crippen LogP) is 1.76. The average Bonchev–Trinajstić information content (AvgIpc) is 3.25. The fraction of sp³-hybridized carbons (Fsp3) is 0.667. The minimum atomic E-state index is 0.565. The van der Waals surface area contributed by atoms with Crippen molar-refractivity contribution in [2.24, 2.45) is 5.92 Å². The molecule has 112 valence electrons. The Morgan fingerprint density at radius 2 is 2.14 bits per heavy atom. The number of anilines is 1. The van der Waals surface area contributed by atoms with E-state index in [0.717, 1.165) is 23.8 Å². The van der Waals surface area contributed by atoms with Gasteiger partial charge >= 0.3 is 0 Å². The Bertz CT molecular complexity index is 632. The number of nitrogens with zero attached hydrogens (tertiary/aromatic N) is 5. The van der Waals surface area contributed by atoms with E-state index in [0.29, 0.717) is 11.8 Å². The maximum absolute atomic E-state index is 4.67. The lowest BCUT2D eigenvalue weighted by Gasteiger charge is -2.29. The highest BCUT2D eigenvalue weighted by Crippen LogP contribution is 2.38. The fourth-order valence-electron chi connectivity index (χ4n) is 3.18. The van der Waals surface area contributed by atoms with Gasteiger partial charge in [0.15, 0.2) is 11.5 Å². The van der Waals surface area contributed by atoms with Crippen LogP contribution < -0.4 is 5.32 Å². The van der Waals surface area contributed by atoms with Gasteiger partial charge in [0.25, 0.3) is 0 Å². The molecule has 21 heavy (non-hydrogen) atoms. The van der Waals surface area contributed by atoms with Crippen LogP contribution in [0.3, 0.4) is 0 Å². The molecular formula is C15H22N6. The third kappa shape index (κ3) is 2.72. The number of hydrogen-bond donors (Lipinski definition) is 1. The van der Waals surface area contributed by atoms with Crippen molar-refractivity contribution in [3.63, 3.8) is 0 Å². The van der Waals surface area contributed by atoms with Crippen LogP contribution in [-0.4, -0.2) is 51.4 Å². The predicted molar refractivity (Wildman–Crippen MR) is 81.5 cm³/mol. The summed E-state index contributed by atoms with van der Waals surface area (Å²) in [6.07, 6.45) is 5.04. The van der Waals surface area contributed by atoms with Crippen molar-refractivity contribution in [2.45, 2.75) is 31.6 Å². The summed E-state index contributed by atoms with van der Waals surface area (Å²) in [7, 11) is 2.20. The average molecular weight is 286 g/mol. The Kier molecular flexibility index (Phi) is 3.25. The first-order valence-corrected chi connectivity index (χ1v) is 7.94. The van der Waals surface area contributed by atoms with Crippen LogP contribution in [0.5, 0.6) is 0 Å². The number of fused-ring (bicyclic) bond motifs is 1. The van der Waals surface area contributed by atoms with E-state index >= 15 is 0 Å². The maximum Gasteiger partial charge on any atom is 0.178 e. The van der Waals surface area contributed by atoms with Gasteiger partial charge in [-0.05, 0) is 57.3 Å². The normalized spacial score (nSPS) is 23.6. The Labute approximate surface area is 124 Å². The van der Waals surface area contributed by atoms with Crippen LogP contribution in [0.1, 0.15) is 37.4 Å². The quantitative estimate of drug-likeness (QED) is 0.928. The first kappa shape index (κ1) is 13.0. The number of likely N-dealkylation sites (tertiary alicyclic amines) is 1. The van der Waals surface area contributed by atoms with E-state index in [9.17, 15) is 0 Å². The number of aromatic nitrogens is 4. The molecule has 2 aromatic rings. The lowest BCUT2D eigenvalue weighted by molar-refractivity contribution is 0.217. The highest BCUT2D eigenvalue weighted by molar-refractivity contribution is 5.44. The number of nitrogens with one attached hydrogen (secondary N) is 1. The molecule has 6 nitrogen and oxygen atoms in total. The molecule has 0 amide bonds. The van der Waals surface area contributed by atoms with Gasteiger partial charge in [0.05, 0.1) is 0 Å². The Balaban J connectivity index is 1.47. The van der Waals surface area contributed by atoms with Gasteiger partial charge in [0.2, 0.25) is 0 Å². The number of piperidine rings is 1. The van der Waals surface area contributed by atoms with Gasteiger partial charge in [-0.3, -0.25) is 0 Å². The molecule has 2 aliphatic rings. The first-order valence-electron chi connectivity index (χ1n) is 7.94. The summed E-state index contributed by atoms with van der Waals surface area (Å²) >= 11 is 0. The molecule has 1 atom stereocenters. The van der Waals surface area contributed by atoms with Crippen molar-refractivity contribution in [2.75, 3.05) is 32.0 Å². The Hall–Kier alpha value is -1.69. The van der Waals surface area contributed by atoms with Crippen LogP contribution in [-0.2, 0) is 0 Å². The van der Waals surface area contributed by atoms with Crippen LogP contribution in [0.15, 0.2) is 12.1 Å². The number of rotatable bonds is 4. The lowest BCUT2D eigenvalue weighted by atomic mass is 9.98. The molecule has 0 spiro atoms. The highest BCUT2D eigenvalue weighted by atomic mass is 15.4. The van der Waals surface area contributed by atoms with E-state index in [1.165, 1.54) is 38.8 Å². The number of hydrogen-bond acceptors (Lipinski definition) is 5. The van der Waals surface area contributed by atoms with Gasteiger partial charge in [-0.2, -0.15) is 4.52 Å². The monoisotopic (exact) mass is 286 g/mol. The zero-order chi connectivity index (χ0) is 14.2. The van der Waals surface area contributed by atoms with E-state index in [4.69, 9.17) is 0 Å². The van der Waals surface area contributed by atoms with Gasteiger partial charge in [-0.25, -0.2) is 0 Å². The molecule has 6 heteroatoms. The van der Waals surface area contributed by atoms with Crippen molar-refractivity contribution in [1.82, 2.24) is 24.7 Å². The summed E-state index contributed by atoms with van der Waals surface area (Å²) in [5, 5.41) is 16.6. The molecule has 1 saturated carbocycles. The molecule has 4 rings (SSSR count). The lowest BCUT2D eigenvalue weighted by Crippen LogP contribution is -2.35. The van der Waals surface area contributed by atoms with Gasteiger partial charge in [0.1, 0.15) is 5.82 Å². The maximum atomic E-state index is 4.67. The van der Waals surface area contributed by atoms with Crippen LogP contribution >= 0.6 is 0 Å². The molecule has 0 radical (unpaired) electrons. The van der Waals surface area contributed by atoms with E-state index in [-0.39, 0.29) is 0 Å². The van der Waals surface area contributed by atoms with Gasteiger partial charge in [-0.1, -0.05) is 0 Å². The topological polar surface area (TPSA) is 58.3 Å². The molecule has 1 aliphatic carbocycles. The zero-order valence-corrected chi connectivity index (χ0v) is 12.5. The summed E-state index contributed by atoms with van der Waals surface area (Å²) in [6, 6.07) is 4.01. The minimum Gasteiger partial charge on any atom is -0.368 e. The van der Waals surface area contributed by atoms with Crippen molar-refractivity contribution in [1.29, 1.82) is 0 Å². The molecular weight excluding hydrogens is 264 g/mol. The second-order valence-electron chi connectivity index (χ2n) is 6.47. The molecule has 1 unspecified atom stereocenters. The summed E-state index contributed by atoms with van der Waals surface area (Å²) < 4.78 is 1.91. The summed E-state index contributed by atoms with van der Waals surface area (Å²) in [4.78, 5) is 2.41. The van der Waals surface area contributed by atoms with E-state index in [2.05, 4.69) is 32.6 Å². The molecule has 0 bridgehead atoms.